The van der Waals surface area contributed by atoms with E-state index in [1.54, 1.807) is 12.0 Å². The molecule has 0 bridgehead atoms. The van der Waals surface area contributed by atoms with E-state index >= 15 is 0 Å². The number of thioether (sulfide) groups is 1. The minimum atomic E-state index is -0.160. The Balaban J connectivity index is 1.60. The molecule has 0 aromatic heterocycles. The van der Waals surface area contributed by atoms with Crippen molar-refractivity contribution in [3.63, 3.8) is 0 Å². The highest BCUT2D eigenvalue weighted by atomic mass is 79.9. The van der Waals surface area contributed by atoms with E-state index in [0.29, 0.717) is 4.91 Å². The number of para-hydroxylation sites is 1. The first-order chi connectivity index (χ1) is 14.5. The number of fused-ring (bicyclic) bond motifs is 1. The van der Waals surface area contributed by atoms with Crippen LogP contribution >= 0.6 is 27.7 Å². The lowest BCUT2D eigenvalue weighted by Gasteiger charge is -2.30. The molecule has 5 nitrogen and oxygen atoms in total. The van der Waals surface area contributed by atoms with Gasteiger partial charge in [0.2, 0.25) is 5.91 Å². The van der Waals surface area contributed by atoms with Crippen LogP contribution in [0.1, 0.15) is 31.2 Å². The summed E-state index contributed by atoms with van der Waals surface area (Å²) in [5, 5.41) is 3.08. The van der Waals surface area contributed by atoms with E-state index in [1.165, 1.54) is 11.8 Å². The molecular weight excluding hydrogens is 464 g/mol. The highest BCUT2D eigenvalue weighted by molar-refractivity contribution is 9.10. The van der Waals surface area contributed by atoms with Gasteiger partial charge in [-0.1, -0.05) is 42.8 Å². The van der Waals surface area contributed by atoms with E-state index in [0.717, 1.165) is 52.1 Å². The minimum absolute atomic E-state index is 0.0244. The minimum Gasteiger partial charge on any atom is -0.496 e. The zero-order valence-electron chi connectivity index (χ0n) is 16.7. The first-order valence-electron chi connectivity index (χ1n) is 9.98. The lowest BCUT2D eigenvalue weighted by atomic mass is 10.2. The molecule has 30 heavy (non-hydrogen) atoms. The van der Waals surface area contributed by atoms with Gasteiger partial charge >= 0.3 is 0 Å². The normalized spacial score (nSPS) is 17.9. The average Bonchev–Trinajstić information content (AvgIpc) is 3.24. The van der Waals surface area contributed by atoms with E-state index in [-0.39, 0.29) is 24.4 Å². The summed E-state index contributed by atoms with van der Waals surface area (Å²) in [6.07, 6.45) is 6.19. The maximum absolute atomic E-state index is 13.3. The first-order valence-corrected chi connectivity index (χ1v) is 11.6. The lowest BCUT2D eigenvalue weighted by Crippen LogP contribution is -2.45. The van der Waals surface area contributed by atoms with Gasteiger partial charge < -0.3 is 10.1 Å². The zero-order chi connectivity index (χ0) is 21.1. The summed E-state index contributed by atoms with van der Waals surface area (Å²) in [4.78, 5) is 29.1. The van der Waals surface area contributed by atoms with Crippen LogP contribution in [-0.2, 0) is 9.59 Å². The van der Waals surface area contributed by atoms with Crippen molar-refractivity contribution in [1.82, 2.24) is 5.32 Å². The third-order valence-electron chi connectivity index (χ3n) is 5.33. The Morgan fingerprint density at radius 1 is 1.27 bits per heavy atom. The van der Waals surface area contributed by atoms with Crippen LogP contribution in [0.4, 0.5) is 5.69 Å². The second kappa shape index (κ2) is 9.27. The highest BCUT2D eigenvalue weighted by Crippen LogP contribution is 2.42. The van der Waals surface area contributed by atoms with Gasteiger partial charge in [-0.3, -0.25) is 14.5 Å². The van der Waals surface area contributed by atoms with E-state index in [9.17, 15) is 9.59 Å². The van der Waals surface area contributed by atoms with Crippen LogP contribution in [0.2, 0.25) is 0 Å². The number of carbonyl (C=O) groups is 2. The summed E-state index contributed by atoms with van der Waals surface area (Å²) < 4.78 is 6.10. The third kappa shape index (κ3) is 4.57. The van der Waals surface area contributed by atoms with Crippen molar-refractivity contribution in [1.29, 1.82) is 0 Å². The Morgan fingerprint density at radius 2 is 2.03 bits per heavy atom. The molecule has 0 atom stereocenters. The Kier molecular flexibility index (Phi) is 6.49. The van der Waals surface area contributed by atoms with Crippen LogP contribution in [0.15, 0.2) is 56.7 Å². The molecule has 0 radical (unpaired) electrons. The Hall–Kier alpha value is -2.25. The van der Waals surface area contributed by atoms with Crippen LogP contribution < -0.4 is 15.0 Å². The SMILES string of the molecule is COc1ccc(/C=C2/Sc3ccccc3N(CC(=O)NC3CCCC3)C2=O)cc1Br. The molecule has 4 rings (SSSR count). The number of nitrogens with zero attached hydrogens (tertiary/aromatic N) is 1. The van der Waals surface area contributed by atoms with Crippen LogP contribution in [0.25, 0.3) is 6.08 Å². The maximum Gasteiger partial charge on any atom is 0.265 e. The fraction of sp³-hybridized carbons (Fsp3) is 0.304. The van der Waals surface area contributed by atoms with E-state index in [1.807, 2.05) is 48.5 Å². The van der Waals surface area contributed by atoms with Crippen LogP contribution in [-0.4, -0.2) is 31.5 Å². The number of amides is 2. The van der Waals surface area contributed by atoms with Gasteiger partial charge in [-0.25, -0.2) is 0 Å². The topological polar surface area (TPSA) is 58.6 Å². The fourth-order valence-electron chi connectivity index (χ4n) is 3.83. The molecule has 1 heterocycles. The summed E-state index contributed by atoms with van der Waals surface area (Å²) in [7, 11) is 1.62. The fourth-order valence-corrected chi connectivity index (χ4v) is 5.45. The van der Waals surface area contributed by atoms with Gasteiger partial charge in [0, 0.05) is 10.9 Å². The number of benzene rings is 2. The summed E-state index contributed by atoms with van der Waals surface area (Å²) in [5.41, 5.74) is 1.66. The molecule has 0 unspecified atom stereocenters. The molecule has 2 aromatic rings. The molecule has 0 saturated heterocycles. The molecule has 156 valence electrons. The van der Waals surface area contributed by atoms with Gasteiger partial charge in [0.05, 0.1) is 22.2 Å². The van der Waals surface area contributed by atoms with E-state index in [2.05, 4.69) is 21.2 Å². The molecule has 0 spiro atoms. The van der Waals surface area contributed by atoms with Crippen molar-refractivity contribution < 1.29 is 14.3 Å². The number of hydrogen-bond donors (Lipinski definition) is 1. The average molecular weight is 487 g/mol. The van der Waals surface area contributed by atoms with Gasteiger partial charge in [0.25, 0.3) is 5.91 Å². The van der Waals surface area contributed by atoms with Crippen molar-refractivity contribution in [3.05, 3.63) is 57.4 Å². The van der Waals surface area contributed by atoms with Crippen LogP contribution in [0, 0.1) is 0 Å². The molecule has 1 fully saturated rings. The predicted molar refractivity (Wildman–Crippen MR) is 124 cm³/mol. The van der Waals surface area contributed by atoms with Crippen LogP contribution in [0.5, 0.6) is 5.75 Å². The zero-order valence-corrected chi connectivity index (χ0v) is 19.1. The monoisotopic (exact) mass is 486 g/mol. The molecular formula is C23H23BrN2O3S. The first kappa shape index (κ1) is 21.0. The third-order valence-corrected chi connectivity index (χ3v) is 7.02. The van der Waals surface area contributed by atoms with Gasteiger partial charge in [0.15, 0.2) is 0 Å². The molecule has 2 aliphatic rings. The molecule has 2 aromatic carbocycles. The molecule has 2 amide bonds. The summed E-state index contributed by atoms with van der Waals surface area (Å²) >= 11 is 4.92. The standard InChI is InChI=1S/C23H23BrN2O3S/c1-29-19-11-10-15(12-17(19)24)13-21-23(28)26(18-8-4-5-9-20(18)30-21)14-22(27)25-16-6-2-3-7-16/h4-5,8-13,16H,2-3,6-7,14H2,1H3,(H,25,27)/b21-13+. The number of rotatable bonds is 5. The van der Waals surface area contributed by atoms with Crippen molar-refractivity contribution in [2.45, 2.75) is 36.6 Å². The lowest BCUT2D eigenvalue weighted by molar-refractivity contribution is -0.122. The Morgan fingerprint density at radius 3 is 2.77 bits per heavy atom. The number of anilines is 1. The number of nitrogens with one attached hydrogen (secondary N) is 1. The number of methoxy groups -OCH3 is 1. The van der Waals surface area contributed by atoms with Crippen LogP contribution in [0.3, 0.4) is 0 Å². The van der Waals surface area contributed by atoms with Gasteiger partial charge in [-0.15, -0.1) is 0 Å². The number of ether oxygens (including phenoxy) is 1. The Bertz CT molecular complexity index is 1000. The van der Waals surface area contributed by atoms with Gasteiger partial charge in [0.1, 0.15) is 12.3 Å². The van der Waals surface area contributed by atoms with E-state index < -0.39 is 0 Å². The second-order valence-electron chi connectivity index (χ2n) is 7.41. The molecule has 1 aliphatic carbocycles. The quantitative estimate of drug-likeness (QED) is 0.604. The summed E-state index contributed by atoms with van der Waals surface area (Å²) in [6.45, 7) is 0.0244. The number of halogens is 1. The smallest absolute Gasteiger partial charge is 0.265 e. The number of carbonyl (C=O) groups excluding carboxylic acids is 2. The second-order valence-corrected chi connectivity index (χ2v) is 9.35. The maximum atomic E-state index is 13.3. The van der Waals surface area contributed by atoms with Crippen molar-refractivity contribution >= 4 is 51.3 Å². The highest BCUT2D eigenvalue weighted by Gasteiger charge is 2.31. The Labute approximate surface area is 189 Å². The largest absolute Gasteiger partial charge is 0.496 e. The summed E-state index contributed by atoms with van der Waals surface area (Å²) in [5.74, 6) is 0.464. The molecule has 1 aliphatic heterocycles. The van der Waals surface area contributed by atoms with Gasteiger partial charge in [-0.05, 0) is 64.7 Å². The molecule has 7 heteroatoms. The van der Waals surface area contributed by atoms with Crippen molar-refractivity contribution in [2.75, 3.05) is 18.6 Å². The van der Waals surface area contributed by atoms with Gasteiger partial charge in [-0.2, -0.15) is 0 Å². The van der Waals surface area contributed by atoms with E-state index in [4.69, 9.17) is 4.74 Å². The summed E-state index contributed by atoms with van der Waals surface area (Å²) in [6, 6.07) is 13.6. The number of hydrogen-bond acceptors (Lipinski definition) is 4. The predicted octanol–water partition coefficient (Wildman–Crippen LogP) is 5.00. The van der Waals surface area contributed by atoms with Crippen molar-refractivity contribution in [3.8, 4) is 5.75 Å². The molecule has 1 N–H and O–H groups in total. The molecule has 1 saturated carbocycles. The van der Waals surface area contributed by atoms with Crippen molar-refractivity contribution in [2.24, 2.45) is 0 Å².